The maximum atomic E-state index is 14.2. The van der Waals surface area contributed by atoms with E-state index in [0.29, 0.717) is 45.7 Å². The van der Waals surface area contributed by atoms with E-state index in [2.05, 4.69) is 43.6 Å². The molecule has 8 nitrogen and oxygen atoms in total. The first-order chi connectivity index (χ1) is 18.9. The number of aromatic nitrogens is 5. The Morgan fingerprint density at radius 2 is 2.03 bits per heavy atom. The summed E-state index contributed by atoms with van der Waals surface area (Å²) in [6, 6.07) is 10.1. The van der Waals surface area contributed by atoms with Gasteiger partial charge < -0.3 is 15.0 Å². The van der Waals surface area contributed by atoms with Crippen molar-refractivity contribution in [2.24, 2.45) is 0 Å². The summed E-state index contributed by atoms with van der Waals surface area (Å²) < 4.78 is 19.5. The minimum atomic E-state index is -0.410. The van der Waals surface area contributed by atoms with Gasteiger partial charge in [-0.3, -0.25) is 19.9 Å². The highest BCUT2D eigenvalue weighted by atomic mass is 19.1. The van der Waals surface area contributed by atoms with Crippen molar-refractivity contribution in [2.75, 3.05) is 12.4 Å². The van der Waals surface area contributed by atoms with Crippen LogP contribution in [-0.4, -0.2) is 38.2 Å². The van der Waals surface area contributed by atoms with Crippen molar-refractivity contribution in [1.29, 1.82) is 0 Å². The Labute approximate surface area is 224 Å². The number of nitrogens with one attached hydrogen (secondary N) is 3. The number of halogens is 1. The lowest BCUT2D eigenvalue weighted by Crippen LogP contribution is -2.22. The van der Waals surface area contributed by atoms with Gasteiger partial charge in [-0.2, -0.15) is 5.10 Å². The molecule has 0 radical (unpaired) electrons. The molecule has 5 aromatic rings. The molecular weight excluding hydrogens is 495 g/mol. The zero-order chi connectivity index (χ0) is 27.5. The Balaban J connectivity index is 1.54. The number of pyridine rings is 2. The van der Waals surface area contributed by atoms with Crippen molar-refractivity contribution in [1.82, 2.24) is 25.1 Å². The predicted molar refractivity (Wildman–Crippen MR) is 152 cm³/mol. The predicted octanol–water partition coefficient (Wildman–Crippen LogP) is 4.81. The summed E-state index contributed by atoms with van der Waals surface area (Å²) in [5.74, 6) is -0.0631. The van der Waals surface area contributed by atoms with E-state index in [1.165, 1.54) is 19.2 Å². The number of benzene rings is 1. The van der Waals surface area contributed by atoms with E-state index in [1.54, 1.807) is 24.7 Å². The van der Waals surface area contributed by atoms with E-state index in [9.17, 15) is 9.18 Å². The molecule has 3 N–H and O–H groups in total. The highest BCUT2D eigenvalue weighted by Crippen LogP contribution is 2.32. The maximum Gasteiger partial charge on any atom is 0.224 e. The molecule has 0 saturated heterocycles. The number of rotatable bonds is 8. The molecule has 39 heavy (non-hydrogen) atoms. The lowest BCUT2D eigenvalue weighted by atomic mass is 10.1. The molecule has 4 heterocycles. The van der Waals surface area contributed by atoms with Gasteiger partial charge in [0.05, 0.1) is 35.7 Å². The molecular formula is C30H27FN6O2. The van der Waals surface area contributed by atoms with Crippen LogP contribution in [0.4, 0.5) is 10.1 Å². The fourth-order valence-electron chi connectivity index (χ4n) is 4.37. The second-order valence-electron chi connectivity index (χ2n) is 9.08. The van der Waals surface area contributed by atoms with Gasteiger partial charge in [0, 0.05) is 52.1 Å². The van der Waals surface area contributed by atoms with Crippen molar-refractivity contribution in [3.8, 4) is 28.4 Å². The summed E-state index contributed by atoms with van der Waals surface area (Å²) in [5, 5.41) is 12.5. The largest absolute Gasteiger partial charge is 0.497 e. The van der Waals surface area contributed by atoms with E-state index in [4.69, 9.17) is 4.74 Å². The van der Waals surface area contributed by atoms with Crippen LogP contribution >= 0.6 is 0 Å². The lowest BCUT2D eigenvalue weighted by Gasteiger charge is -2.06. The standard InChI is InChI=1S/C30H27FN6O2/c1-5-6-28(38)34-22-11-20(15-32-16-22)17(2)9-24-18(3)36-37-30(24)27-14-25-26(35-27)7-8-33-29(25)19-10-21(31)13-23(12-19)39-4/h7-16,35-36H,2-3,5-6H2,1,4H3,(H,34,38)/b24-9+. The highest BCUT2D eigenvalue weighted by molar-refractivity contribution is 5.97. The molecule has 0 atom stereocenters. The summed E-state index contributed by atoms with van der Waals surface area (Å²) in [5.41, 5.74) is 5.42. The zero-order valence-corrected chi connectivity index (χ0v) is 21.6. The number of carbonyl (C=O) groups excluding carboxylic acids is 1. The number of ether oxygens (including phenoxy) is 1. The van der Waals surface area contributed by atoms with Gasteiger partial charge in [-0.05, 0) is 48.4 Å². The van der Waals surface area contributed by atoms with Crippen LogP contribution in [0.2, 0.25) is 0 Å². The number of allylic oxidation sites excluding steroid dienone is 1. The van der Waals surface area contributed by atoms with Gasteiger partial charge in [0.25, 0.3) is 0 Å². The average molecular weight is 523 g/mol. The number of hydrogen-bond donors (Lipinski definition) is 3. The Morgan fingerprint density at radius 3 is 2.82 bits per heavy atom. The van der Waals surface area contributed by atoms with Gasteiger partial charge in [-0.15, -0.1) is 0 Å². The van der Waals surface area contributed by atoms with E-state index >= 15 is 0 Å². The van der Waals surface area contributed by atoms with Gasteiger partial charge in [0.2, 0.25) is 5.91 Å². The van der Waals surface area contributed by atoms with Gasteiger partial charge >= 0.3 is 0 Å². The zero-order valence-electron chi connectivity index (χ0n) is 21.6. The second-order valence-corrected chi connectivity index (χ2v) is 9.08. The van der Waals surface area contributed by atoms with Crippen molar-refractivity contribution >= 4 is 40.7 Å². The molecule has 0 spiro atoms. The van der Waals surface area contributed by atoms with Crippen molar-refractivity contribution in [3.63, 3.8) is 0 Å². The number of hydrogen-bond acceptors (Lipinski definition) is 5. The molecule has 0 aliphatic carbocycles. The summed E-state index contributed by atoms with van der Waals surface area (Å²) in [7, 11) is 1.50. The van der Waals surface area contributed by atoms with Crippen molar-refractivity contribution in [2.45, 2.75) is 19.8 Å². The van der Waals surface area contributed by atoms with Crippen LogP contribution in [0.25, 0.3) is 51.8 Å². The molecule has 0 saturated carbocycles. The summed E-state index contributed by atoms with van der Waals surface area (Å²) in [4.78, 5) is 24.2. The molecule has 0 aliphatic rings. The molecule has 1 aromatic carbocycles. The van der Waals surface area contributed by atoms with E-state index in [0.717, 1.165) is 33.8 Å². The smallest absolute Gasteiger partial charge is 0.224 e. The fraction of sp³-hybridized carbons (Fsp3) is 0.133. The lowest BCUT2D eigenvalue weighted by molar-refractivity contribution is -0.116. The minimum Gasteiger partial charge on any atom is -0.497 e. The number of nitrogens with zero attached hydrogens (tertiary/aromatic N) is 3. The Bertz CT molecular complexity index is 1820. The van der Waals surface area contributed by atoms with E-state index in [1.807, 2.05) is 31.2 Å². The van der Waals surface area contributed by atoms with Crippen LogP contribution in [0.5, 0.6) is 5.75 Å². The number of H-pyrrole nitrogens is 2. The van der Waals surface area contributed by atoms with Gasteiger partial charge in [-0.1, -0.05) is 20.1 Å². The van der Waals surface area contributed by atoms with E-state index < -0.39 is 5.82 Å². The fourth-order valence-corrected chi connectivity index (χ4v) is 4.37. The van der Waals surface area contributed by atoms with E-state index in [-0.39, 0.29) is 5.91 Å². The average Bonchev–Trinajstić information content (AvgIpc) is 3.51. The van der Waals surface area contributed by atoms with Crippen LogP contribution in [0.15, 0.2) is 61.6 Å². The van der Waals surface area contributed by atoms with Crippen LogP contribution < -0.4 is 20.6 Å². The van der Waals surface area contributed by atoms with Crippen LogP contribution in [0.1, 0.15) is 25.3 Å². The Morgan fingerprint density at radius 1 is 1.18 bits per heavy atom. The van der Waals surface area contributed by atoms with Crippen molar-refractivity contribution < 1.29 is 13.9 Å². The molecule has 1 amide bonds. The third kappa shape index (κ3) is 5.33. The monoisotopic (exact) mass is 522 g/mol. The molecule has 0 aliphatic heterocycles. The molecule has 0 bridgehead atoms. The molecule has 196 valence electrons. The van der Waals surface area contributed by atoms with Crippen LogP contribution in [0.3, 0.4) is 0 Å². The number of fused-ring (bicyclic) bond motifs is 1. The molecule has 5 rings (SSSR count). The summed E-state index contributed by atoms with van der Waals surface area (Å²) >= 11 is 0. The highest BCUT2D eigenvalue weighted by Gasteiger charge is 2.15. The van der Waals surface area contributed by atoms with Gasteiger partial charge in [-0.25, -0.2) is 4.39 Å². The first-order valence-corrected chi connectivity index (χ1v) is 12.4. The summed E-state index contributed by atoms with van der Waals surface area (Å²) in [6.07, 6.45) is 8.03. The van der Waals surface area contributed by atoms with Gasteiger partial charge in [0.15, 0.2) is 0 Å². The molecule has 9 heteroatoms. The third-order valence-electron chi connectivity index (χ3n) is 6.26. The maximum absolute atomic E-state index is 14.2. The quantitative estimate of drug-likeness (QED) is 0.271. The van der Waals surface area contributed by atoms with Gasteiger partial charge in [0.1, 0.15) is 17.3 Å². The summed E-state index contributed by atoms with van der Waals surface area (Å²) in [6.45, 7) is 10.3. The number of methoxy groups -OCH3 is 1. The normalized spacial score (nSPS) is 11.6. The second kappa shape index (κ2) is 10.7. The van der Waals surface area contributed by atoms with Crippen LogP contribution in [-0.2, 0) is 4.79 Å². The third-order valence-corrected chi connectivity index (χ3v) is 6.26. The Kier molecular flexibility index (Phi) is 7.05. The number of amides is 1. The number of anilines is 1. The molecule has 0 fully saturated rings. The molecule has 4 aromatic heterocycles. The first kappa shape index (κ1) is 25.6. The topological polar surface area (TPSA) is 109 Å². The number of aromatic amines is 2. The molecule has 0 unspecified atom stereocenters. The Hall–Kier alpha value is -5.05. The first-order valence-electron chi connectivity index (χ1n) is 12.4. The van der Waals surface area contributed by atoms with Crippen LogP contribution in [0, 0.1) is 5.82 Å². The number of carbonyl (C=O) groups is 1. The SMILES string of the molecule is C=C(/C=c1/c(-c2cc3c(-c4cc(F)cc(OC)c4)nccc3[nH]2)n[nH]c1=C)c1cncc(NC(=O)CCC)c1. The van der Waals surface area contributed by atoms with Crippen molar-refractivity contribution in [3.05, 3.63) is 83.5 Å². The minimum absolute atomic E-state index is 0.0624.